The fraction of sp³-hybridized carbons (Fsp3) is 0.105. The quantitative estimate of drug-likeness (QED) is 0.559. The molecule has 1 unspecified atom stereocenters. The van der Waals surface area contributed by atoms with E-state index in [9.17, 15) is 4.79 Å². The first-order chi connectivity index (χ1) is 10.6. The van der Waals surface area contributed by atoms with E-state index in [1.807, 2.05) is 12.1 Å². The Morgan fingerprint density at radius 3 is 2.18 bits per heavy atom. The van der Waals surface area contributed by atoms with Crippen molar-refractivity contribution in [2.45, 2.75) is 12.5 Å². The minimum atomic E-state index is -0.877. The SMILES string of the molecule is NC(CC(=O)O)c1ccc2ccc3cccc4ccc1c2c34. The van der Waals surface area contributed by atoms with Gasteiger partial charge in [-0.2, -0.15) is 0 Å². The molecule has 4 aromatic rings. The summed E-state index contributed by atoms with van der Waals surface area (Å²) >= 11 is 0. The number of hydrogen-bond acceptors (Lipinski definition) is 2. The van der Waals surface area contributed by atoms with Gasteiger partial charge in [-0.1, -0.05) is 54.6 Å². The molecule has 1 atom stereocenters. The van der Waals surface area contributed by atoms with Crippen LogP contribution in [0.2, 0.25) is 0 Å². The van der Waals surface area contributed by atoms with Gasteiger partial charge in [0, 0.05) is 6.04 Å². The van der Waals surface area contributed by atoms with Gasteiger partial charge in [-0.25, -0.2) is 0 Å². The van der Waals surface area contributed by atoms with E-state index >= 15 is 0 Å². The van der Waals surface area contributed by atoms with Crippen LogP contribution < -0.4 is 5.73 Å². The summed E-state index contributed by atoms with van der Waals surface area (Å²) in [7, 11) is 0. The highest BCUT2D eigenvalue weighted by atomic mass is 16.4. The molecule has 3 N–H and O–H groups in total. The summed E-state index contributed by atoms with van der Waals surface area (Å²) in [5.41, 5.74) is 7.01. The van der Waals surface area contributed by atoms with Gasteiger partial charge in [0.25, 0.3) is 0 Å². The zero-order valence-electron chi connectivity index (χ0n) is 11.9. The molecule has 0 saturated heterocycles. The normalized spacial score (nSPS) is 13.1. The number of carboxylic acids is 1. The summed E-state index contributed by atoms with van der Waals surface area (Å²) in [6.45, 7) is 0. The number of benzene rings is 4. The van der Waals surface area contributed by atoms with Gasteiger partial charge < -0.3 is 10.8 Å². The van der Waals surface area contributed by atoms with E-state index in [-0.39, 0.29) is 6.42 Å². The number of carbonyl (C=O) groups is 1. The molecule has 0 heterocycles. The Bertz CT molecular complexity index is 990. The monoisotopic (exact) mass is 289 g/mol. The van der Waals surface area contributed by atoms with Crippen LogP contribution in [0.4, 0.5) is 0 Å². The molecule has 3 nitrogen and oxygen atoms in total. The van der Waals surface area contributed by atoms with Crippen molar-refractivity contribution in [2.24, 2.45) is 5.73 Å². The third-order valence-corrected chi connectivity index (χ3v) is 4.36. The standard InChI is InChI=1S/C19H15NO2/c20-16(10-17(21)22)14-8-6-13-5-4-11-2-1-3-12-7-9-15(14)19(13)18(11)12/h1-9,16H,10,20H2,(H,21,22). The molecule has 0 spiro atoms. The number of carboxylic acid groups (broad SMARTS) is 1. The molecular formula is C19H15NO2. The Morgan fingerprint density at radius 2 is 1.50 bits per heavy atom. The average Bonchev–Trinajstić information content (AvgIpc) is 2.51. The summed E-state index contributed by atoms with van der Waals surface area (Å²) < 4.78 is 0. The van der Waals surface area contributed by atoms with Crippen LogP contribution in [0.1, 0.15) is 18.0 Å². The summed E-state index contributed by atoms with van der Waals surface area (Å²) in [5, 5.41) is 16.0. The molecule has 4 aromatic carbocycles. The summed E-state index contributed by atoms with van der Waals surface area (Å²) in [6.07, 6.45) is -0.0655. The lowest BCUT2D eigenvalue weighted by Crippen LogP contribution is -2.15. The first-order valence-electron chi connectivity index (χ1n) is 7.29. The maximum atomic E-state index is 11.0. The minimum Gasteiger partial charge on any atom is -0.481 e. The van der Waals surface area contributed by atoms with E-state index in [1.165, 1.54) is 21.5 Å². The molecule has 0 radical (unpaired) electrons. The van der Waals surface area contributed by atoms with Crippen LogP contribution in [0.3, 0.4) is 0 Å². The second-order valence-corrected chi connectivity index (χ2v) is 5.72. The maximum absolute atomic E-state index is 11.0. The zero-order valence-corrected chi connectivity index (χ0v) is 11.9. The molecule has 0 saturated carbocycles. The maximum Gasteiger partial charge on any atom is 0.305 e. The second-order valence-electron chi connectivity index (χ2n) is 5.72. The smallest absolute Gasteiger partial charge is 0.305 e. The van der Waals surface area contributed by atoms with Crippen molar-refractivity contribution in [3.05, 3.63) is 60.2 Å². The van der Waals surface area contributed by atoms with E-state index < -0.39 is 12.0 Å². The number of aliphatic carboxylic acids is 1. The van der Waals surface area contributed by atoms with Crippen LogP contribution in [0.5, 0.6) is 0 Å². The Morgan fingerprint density at radius 1 is 0.909 bits per heavy atom. The fourth-order valence-electron chi connectivity index (χ4n) is 3.38. The average molecular weight is 289 g/mol. The third kappa shape index (κ3) is 1.83. The van der Waals surface area contributed by atoms with Crippen LogP contribution in [-0.4, -0.2) is 11.1 Å². The number of nitrogens with two attached hydrogens (primary N) is 1. The summed E-state index contributed by atoms with van der Waals surface area (Å²) in [4.78, 5) is 11.0. The molecule has 0 fully saturated rings. The van der Waals surface area contributed by atoms with E-state index in [0.717, 1.165) is 16.3 Å². The molecule has 0 aliphatic rings. The molecular weight excluding hydrogens is 274 g/mol. The highest BCUT2D eigenvalue weighted by molar-refractivity contribution is 6.23. The van der Waals surface area contributed by atoms with E-state index in [2.05, 4.69) is 42.5 Å². The second kappa shape index (κ2) is 4.68. The Hall–Kier alpha value is -2.65. The summed E-state index contributed by atoms with van der Waals surface area (Å²) in [6, 6.07) is 18.1. The van der Waals surface area contributed by atoms with Crippen molar-refractivity contribution >= 4 is 38.3 Å². The van der Waals surface area contributed by atoms with Crippen LogP contribution >= 0.6 is 0 Å². The Labute approximate surface area is 127 Å². The predicted octanol–water partition coefficient (Wildman–Crippen LogP) is 4.06. The van der Waals surface area contributed by atoms with Crippen LogP contribution in [-0.2, 0) is 4.79 Å². The molecule has 0 aromatic heterocycles. The fourth-order valence-corrected chi connectivity index (χ4v) is 3.38. The third-order valence-electron chi connectivity index (χ3n) is 4.36. The van der Waals surface area contributed by atoms with Gasteiger partial charge in [0.05, 0.1) is 6.42 Å². The number of rotatable bonds is 3. The van der Waals surface area contributed by atoms with Gasteiger partial charge in [0.2, 0.25) is 0 Å². The molecule has 0 bridgehead atoms. The van der Waals surface area contributed by atoms with Crippen LogP contribution in [0, 0.1) is 0 Å². The molecule has 0 aliphatic heterocycles. The van der Waals surface area contributed by atoms with E-state index in [0.29, 0.717) is 0 Å². The lowest BCUT2D eigenvalue weighted by atomic mass is 9.89. The molecule has 3 heteroatoms. The van der Waals surface area contributed by atoms with Gasteiger partial charge in [0.15, 0.2) is 0 Å². The van der Waals surface area contributed by atoms with Gasteiger partial charge in [-0.3, -0.25) is 4.79 Å². The highest BCUT2D eigenvalue weighted by Gasteiger charge is 2.16. The van der Waals surface area contributed by atoms with E-state index in [4.69, 9.17) is 10.8 Å². The molecule has 108 valence electrons. The van der Waals surface area contributed by atoms with Crippen LogP contribution in [0.15, 0.2) is 54.6 Å². The molecule has 4 rings (SSSR count). The topological polar surface area (TPSA) is 63.3 Å². The first kappa shape index (κ1) is 13.0. The van der Waals surface area contributed by atoms with Gasteiger partial charge in [-0.15, -0.1) is 0 Å². The van der Waals surface area contributed by atoms with Crippen molar-refractivity contribution in [3.8, 4) is 0 Å². The first-order valence-corrected chi connectivity index (χ1v) is 7.29. The largest absolute Gasteiger partial charge is 0.481 e. The van der Waals surface area contributed by atoms with E-state index in [1.54, 1.807) is 0 Å². The Balaban J connectivity index is 2.10. The zero-order chi connectivity index (χ0) is 15.3. The van der Waals surface area contributed by atoms with Crippen molar-refractivity contribution in [2.75, 3.05) is 0 Å². The summed E-state index contributed by atoms with van der Waals surface area (Å²) in [5.74, 6) is -0.877. The van der Waals surface area contributed by atoms with Crippen molar-refractivity contribution in [3.63, 3.8) is 0 Å². The van der Waals surface area contributed by atoms with Crippen molar-refractivity contribution < 1.29 is 9.90 Å². The number of hydrogen-bond donors (Lipinski definition) is 2. The predicted molar refractivity (Wildman–Crippen MR) is 89.3 cm³/mol. The molecule has 22 heavy (non-hydrogen) atoms. The van der Waals surface area contributed by atoms with Gasteiger partial charge in [-0.05, 0) is 37.9 Å². The highest BCUT2D eigenvalue weighted by Crippen LogP contribution is 2.37. The van der Waals surface area contributed by atoms with Crippen molar-refractivity contribution in [1.82, 2.24) is 0 Å². The van der Waals surface area contributed by atoms with Crippen LogP contribution in [0.25, 0.3) is 32.3 Å². The van der Waals surface area contributed by atoms with Gasteiger partial charge >= 0.3 is 5.97 Å². The lowest BCUT2D eigenvalue weighted by Gasteiger charge is -2.17. The lowest BCUT2D eigenvalue weighted by molar-refractivity contribution is -0.137. The minimum absolute atomic E-state index is 0.0655. The molecule has 0 amide bonds. The van der Waals surface area contributed by atoms with Gasteiger partial charge in [0.1, 0.15) is 0 Å². The Kier molecular flexibility index (Phi) is 2.78. The van der Waals surface area contributed by atoms with Crippen molar-refractivity contribution in [1.29, 1.82) is 0 Å². The molecule has 0 aliphatic carbocycles.